The standard InChI is InChI=1S/C20H26N2O3S/c1-6-19(18-12-7-14(2)13-15(18)3)21-20(23)16-8-10-17(11-9-16)22(4)26(5,24)25/h7-13,19H,6H2,1-5H3,(H,21,23). The van der Waals surface area contributed by atoms with Crippen molar-refractivity contribution >= 4 is 21.6 Å². The zero-order valence-electron chi connectivity index (χ0n) is 15.9. The van der Waals surface area contributed by atoms with Crippen LogP contribution in [0.2, 0.25) is 0 Å². The summed E-state index contributed by atoms with van der Waals surface area (Å²) in [6.07, 6.45) is 1.92. The Morgan fingerprint density at radius 3 is 2.23 bits per heavy atom. The van der Waals surface area contributed by atoms with Crippen molar-refractivity contribution in [3.63, 3.8) is 0 Å². The summed E-state index contributed by atoms with van der Waals surface area (Å²) in [4.78, 5) is 12.6. The van der Waals surface area contributed by atoms with E-state index in [2.05, 4.69) is 17.4 Å². The van der Waals surface area contributed by atoms with Crippen LogP contribution in [-0.4, -0.2) is 27.6 Å². The highest BCUT2D eigenvalue weighted by molar-refractivity contribution is 7.92. The molecule has 0 heterocycles. The molecule has 2 rings (SSSR count). The number of carbonyl (C=O) groups is 1. The van der Waals surface area contributed by atoms with Gasteiger partial charge in [-0.3, -0.25) is 9.10 Å². The van der Waals surface area contributed by atoms with E-state index in [0.29, 0.717) is 11.3 Å². The van der Waals surface area contributed by atoms with E-state index >= 15 is 0 Å². The first kappa shape index (κ1) is 20.0. The lowest BCUT2D eigenvalue weighted by molar-refractivity contribution is 0.0935. The number of rotatable bonds is 6. The Labute approximate surface area is 156 Å². The highest BCUT2D eigenvalue weighted by Gasteiger charge is 2.17. The lowest BCUT2D eigenvalue weighted by Crippen LogP contribution is -2.29. The molecule has 5 nitrogen and oxygen atoms in total. The maximum atomic E-state index is 12.6. The normalized spacial score (nSPS) is 12.5. The van der Waals surface area contributed by atoms with Crippen LogP contribution in [-0.2, 0) is 10.0 Å². The zero-order chi connectivity index (χ0) is 19.5. The molecule has 2 aromatic carbocycles. The van der Waals surface area contributed by atoms with Crippen molar-refractivity contribution in [3.05, 3.63) is 64.7 Å². The van der Waals surface area contributed by atoms with Crippen molar-refractivity contribution in [1.82, 2.24) is 5.32 Å². The molecule has 1 unspecified atom stereocenters. The van der Waals surface area contributed by atoms with Gasteiger partial charge in [-0.05, 0) is 55.7 Å². The van der Waals surface area contributed by atoms with Gasteiger partial charge >= 0.3 is 0 Å². The van der Waals surface area contributed by atoms with Crippen molar-refractivity contribution in [2.45, 2.75) is 33.2 Å². The number of nitrogens with zero attached hydrogens (tertiary/aromatic N) is 1. The van der Waals surface area contributed by atoms with E-state index in [1.165, 1.54) is 16.9 Å². The number of aryl methyl sites for hydroxylation is 2. The van der Waals surface area contributed by atoms with E-state index in [1.807, 2.05) is 26.8 Å². The number of benzene rings is 2. The summed E-state index contributed by atoms with van der Waals surface area (Å²) >= 11 is 0. The molecule has 0 aliphatic carbocycles. The third-order valence-corrected chi connectivity index (χ3v) is 5.71. The Kier molecular flexibility index (Phi) is 6.08. The van der Waals surface area contributed by atoms with Gasteiger partial charge in [0.2, 0.25) is 10.0 Å². The molecule has 0 radical (unpaired) electrons. The van der Waals surface area contributed by atoms with E-state index in [-0.39, 0.29) is 11.9 Å². The van der Waals surface area contributed by atoms with Crippen LogP contribution in [0.1, 0.15) is 46.4 Å². The molecular weight excluding hydrogens is 348 g/mol. The molecule has 0 fully saturated rings. The Morgan fingerprint density at radius 2 is 1.73 bits per heavy atom. The van der Waals surface area contributed by atoms with Crippen LogP contribution >= 0.6 is 0 Å². The number of anilines is 1. The lowest BCUT2D eigenvalue weighted by Gasteiger charge is -2.20. The molecule has 0 bridgehead atoms. The van der Waals surface area contributed by atoms with Gasteiger partial charge in [0, 0.05) is 12.6 Å². The molecule has 0 aromatic heterocycles. The number of amides is 1. The van der Waals surface area contributed by atoms with Gasteiger partial charge in [0.25, 0.3) is 5.91 Å². The largest absolute Gasteiger partial charge is 0.345 e. The first-order chi connectivity index (χ1) is 12.1. The second kappa shape index (κ2) is 7.91. The maximum Gasteiger partial charge on any atom is 0.251 e. The van der Waals surface area contributed by atoms with E-state index in [1.54, 1.807) is 24.3 Å². The lowest BCUT2D eigenvalue weighted by atomic mass is 9.97. The molecule has 6 heteroatoms. The van der Waals surface area contributed by atoms with Crippen LogP contribution in [0.5, 0.6) is 0 Å². The average Bonchev–Trinajstić information content (AvgIpc) is 2.58. The second-order valence-electron chi connectivity index (χ2n) is 6.57. The molecule has 0 saturated carbocycles. The molecule has 1 atom stereocenters. The van der Waals surface area contributed by atoms with Crippen LogP contribution in [0, 0.1) is 13.8 Å². The topological polar surface area (TPSA) is 66.5 Å². The van der Waals surface area contributed by atoms with Gasteiger partial charge in [-0.1, -0.05) is 30.7 Å². The summed E-state index contributed by atoms with van der Waals surface area (Å²) in [7, 11) is -1.84. The van der Waals surface area contributed by atoms with Gasteiger partial charge < -0.3 is 5.32 Å². The fourth-order valence-electron chi connectivity index (χ4n) is 2.87. The van der Waals surface area contributed by atoms with Crippen LogP contribution in [0.3, 0.4) is 0 Å². The van der Waals surface area contributed by atoms with Crippen molar-refractivity contribution in [1.29, 1.82) is 0 Å². The summed E-state index contributed by atoms with van der Waals surface area (Å²) in [6, 6.07) is 12.7. The minimum atomic E-state index is -3.32. The molecule has 0 spiro atoms. The maximum absolute atomic E-state index is 12.6. The van der Waals surface area contributed by atoms with Gasteiger partial charge in [0.1, 0.15) is 0 Å². The molecular formula is C20H26N2O3S. The average molecular weight is 375 g/mol. The number of carbonyl (C=O) groups excluding carboxylic acids is 1. The van der Waals surface area contributed by atoms with Crippen LogP contribution < -0.4 is 9.62 Å². The smallest absolute Gasteiger partial charge is 0.251 e. The third kappa shape index (κ3) is 4.64. The first-order valence-electron chi connectivity index (χ1n) is 8.55. The number of sulfonamides is 1. The fourth-order valence-corrected chi connectivity index (χ4v) is 3.38. The van der Waals surface area contributed by atoms with Crippen LogP contribution in [0.4, 0.5) is 5.69 Å². The quantitative estimate of drug-likeness (QED) is 0.840. The zero-order valence-corrected chi connectivity index (χ0v) is 16.7. The molecule has 0 aliphatic heterocycles. The van der Waals surface area contributed by atoms with Gasteiger partial charge in [-0.2, -0.15) is 0 Å². The fraction of sp³-hybridized carbons (Fsp3) is 0.350. The first-order valence-corrected chi connectivity index (χ1v) is 10.4. The van der Waals surface area contributed by atoms with E-state index in [9.17, 15) is 13.2 Å². The van der Waals surface area contributed by atoms with E-state index in [4.69, 9.17) is 0 Å². The molecule has 0 saturated heterocycles. The summed E-state index contributed by atoms with van der Waals surface area (Å²) in [5, 5.41) is 3.07. The summed E-state index contributed by atoms with van der Waals surface area (Å²) in [5.41, 5.74) is 4.48. The summed E-state index contributed by atoms with van der Waals surface area (Å²) in [5.74, 6) is -0.176. The summed E-state index contributed by atoms with van der Waals surface area (Å²) < 4.78 is 24.4. The molecule has 1 N–H and O–H groups in total. The number of hydrogen-bond acceptors (Lipinski definition) is 3. The molecule has 2 aromatic rings. The summed E-state index contributed by atoms with van der Waals surface area (Å²) in [6.45, 7) is 6.13. The van der Waals surface area contributed by atoms with Crippen molar-refractivity contribution in [2.75, 3.05) is 17.6 Å². The van der Waals surface area contributed by atoms with Gasteiger partial charge in [-0.15, -0.1) is 0 Å². The van der Waals surface area contributed by atoms with Crippen LogP contribution in [0.15, 0.2) is 42.5 Å². The molecule has 140 valence electrons. The SMILES string of the molecule is CCC(NC(=O)c1ccc(N(C)S(C)(=O)=O)cc1)c1ccc(C)cc1C. The van der Waals surface area contributed by atoms with Gasteiger partial charge in [0.05, 0.1) is 18.0 Å². The van der Waals surface area contributed by atoms with Crippen molar-refractivity contribution in [3.8, 4) is 0 Å². The molecule has 0 aliphatic rings. The minimum Gasteiger partial charge on any atom is -0.345 e. The van der Waals surface area contributed by atoms with E-state index < -0.39 is 10.0 Å². The number of hydrogen-bond donors (Lipinski definition) is 1. The molecule has 1 amide bonds. The number of nitrogens with one attached hydrogen (secondary N) is 1. The van der Waals surface area contributed by atoms with Gasteiger partial charge in [0.15, 0.2) is 0 Å². The van der Waals surface area contributed by atoms with Crippen LogP contribution in [0.25, 0.3) is 0 Å². The minimum absolute atomic E-state index is 0.0681. The Morgan fingerprint density at radius 1 is 1.12 bits per heavy atom. The van der Waals surface area contributed by atoms with E-state index in [0.717, 1.165) is 23.8 Å². The highest BCUT2D eigenvalue weighted by Crippen LogP contribution is 2.23. The monoisotopic (exact) mass is 374 g/mol. The second-order valence-corrected chi connectivity index (χ2v) is 8.59. The Balaban J connectivity index is 2.18. The van der Waals surface area contributed by atoms with Crippen molar-refractivity contribution in [2.24, 2.45) is 0 Å². The predicted octanol–water partition coefficient (Wildman–Crippen LogP) is 3.58. The van der Waals surface area contributed by atoms with Gasteiger partial charge in [-0.25, -0.2) is 8.42 Å². The predicted molar refractivity (Wildman–Crippen MR) is 106 cm³/mol. The molecule has 26 heavy (non-hydrogen) atoms. The van der Waals surface area contributed by atoms with Crippen molar-refractivity contribution < 1.29 is 13.2 Å². The third-order valence-electron chi connectivity index (χ3n) is 4.50. The Hall–Kier alpha value is -2.34. The highest BCUT2D eigenvalue weighted by atomic mass is 32.2. The Bertz CT molecular complexity index is 890.